The first-order valence-electron chi connectivity index (χ1n) is 5.85. The predicted molar refractivity (Wildman–Crippen MR) is 67.2 cm³/mol. The van der Waals surface area contributed by atoms with E-state index in [0.717, 1.165) is 25.3 Å². The minimum absolute atomic E-state index is 0.285. The second kappa shape index (κ2) is 4.79. The summed E-state index contributed by atoms with van der Waals surface area (Å²) in [5.41, 5.74) is 6.57. The minimum atomic E-state index is -0.285. The van der Waals surface area contributed by atoms with Crippen LogP contribution in [0.25, 0.3) is 0 Å². The molecule has 0 amide bonds. The van der Waals surface area contributed by atoms with Crippen LogP contribution in [0.5, 0.6) is 5.88 Å². The van der Waals surface area contributed by atoms with Crippen molar-refractivity contribution in [2.75, 3.05) is 30.8 Å². The Morgan fingerprint density at radius 2 is 2.35 bits per heavy atom. The van der Waals surface area contributed by atoms with Crippen molar-refractivity contribution >= 4 is 11.5 Å². The van der Waals surface area contributed by atoms with Crippen LogP contribution in [0.1, 0.15) is 13.3 Å². The van der Waals surface area contributed by atoms with Gasteiger partial charge in [0.25, 0.3) is 0 Å². The van der Waals surface area contributed by atoms with Gasteiger partial charge in [0.2, 0.25) is 5.88 Å². The highest BCUT2D eigenvalue weighted by Gasteiger charge is 2.27. The number of rotatable bonds is 3. The summed E-state index contributed by atoms with van der Waals surface area (Å²) in [5.74, 6) is 1.62. The zero-order valence-electron chi connectivity index (χ0n) is 10.3. The number of hydrogen-bond donors (Lipinski definition) is 2. The quantitative estimate of drug-likeness (QED) is 0.816. The number of pyridine rings is 1. The number of aliphatic hydroxyl groups is 1. The Labute approximate surface area is 101 Å². The van der Waals surface area contributed by atoms with Gasteiger partial charge in [0.15, 0.2) is 5.82 Å². The van der Waals surface area contributed by atoms with E-state index in [4.69, 9.17) is 10.5 Å². The van der Waals surface area contributed by atoms with E-state index >= 15 is 0 Å². The van der Waals surface area contributed by atoms with Gasteiger partial charge in [0.1, 0.15) is 0 Å². The molecule has 1 saturated heterocycles. The second-order valence-electron chi connectivity index (χ2n) is 4.50. The maximum atomic E-state index is 9.58. The highest BCUT2D eigenvalue weighted by atomic mass is 16.5. The zero-order valence-corrected chi connectivity index (χ0v) is 10.3. The molecule has 1 aliphatic heterocycles. The number of nitrogens with two attached hydrogens (primary N) is 1. The van der Waals surface area contributed by atoms with Crippen molar-refractivity contribution in [1.82, 2.24) is 4.98 Å². The van der Waals surface area contributed by atoms with Gasteiger partial charge >= 0.3 is 0 Å². The van der Waals surface area contributed by atoms with Crippen LogP contribution in [0.15, 0.2) is 12.1 Å². The molecular formula is C12H19N3O2. The van der Waals surface area contributed by atoms with Gasteiger partial charge in [-0.3, -0.25) is 0 Å². The third-order valence-corrected chi connectivity index (χ3v) is 3.30. The van der Waals surface area contributed by atoms with Crippen molar-refractivity contribution in [2.24, 2.45) is 5.92 Å². The fourth-order valence-corrected chi connectivity index (χ4v) is 2.18. The SMILES string of the molecule is COc1ccc(N)c(N2CCC(C(C)O)C2)n1. The van der Waals surface area contributed by atoms with Crippen molar-refractivity contribution in [1.29, 1.82) is 0 Å². The van der Waals surface area contributed by atoms with Gasteiger partial charge in [-0.25, -0.2) is 0 Å². The van der Waals surface area contributed by atoms with Gasteiger partial charge in [-0.2, -0.15) is 4.98 Å². The third-order valence-electron chi connectivity index (χ3n) is 3.30. The van der Waals surface area contributed by atoms with Crippen molar-refractivity contribution in [2.45, 2.75) is 19.4 Å². The number of anilines is 2. The van der Waals surface area contributed by atoms with E-state index in [0.29, 0.717) is 17.5 Å². The van der Waals surface area contributed by atoms with Crippen LogP contribution in [0.4, 0.5) is 11.5 Å². The summed E-state index contributed by atoms with van der Waals surface area (Å²) < 4.78 is 5.10. The highest BCUT2D eigenvalue weighted by Crippen LogP contribution is 2.29. The molecule has 2 heterocycles. The Hall–Kier alpha value is -1.49. The van der Waals surface area contributed by atoms with E-state index in [1.165, 1.54) is 0 Å². The van der Waals surface area contributed by atoms with Crippen molar-refractivity contribution in [3.8, 4) is 5.88 Å². The van der Waals surface area contributed by atoms with E-state index in [9.17, 15) is 5.11 Å². The molecule has 0 spiro atoms. The second-order valence-corrected chi connectivity index (χ2v) is 4.50. The van der Waals surface area contributed by atoms with Crippen LogP contribution in [0, 0.1) is 5.92 Å². The van der Waals surface area contributed by atoms with Crippen molar-refractivity contribution in [3.05, 3.63) is 12.1 Å². The first-order valence-corrected chi connectivity index (χ1v) is 5.85. The summed E-state index contributed by atoms with van der Waals surface area (Å²) in [4.78, 5) is 6.47. The lowest BCUT2D eigenvalue weighted by molar-refractivity contribution is 0.136. The topological polar surface area (TPSA) is 71.6 Å². The number of aromatic nitrogens is 1. The average Bonchev–Trinajstić information content (AvgIpc) is 2.79. The van der Waals surface area contributed by atoms with Gasteiger partial charge in [-0.15, -0.1) is 0 Å². The van der Waals surface area contributed by atoms with E-state index in [-0.39, 0.29) is 6.10 Å². The normalized spacial score (nSPS) is 21.6. The van der Waals surface area contributed by atoms with Crippen LogP contribution in [-0.4, -0.2) is 36.4 Å². The third kappa shape index (κ3) is 2.44. The van der Waals surface area contributed by atoms with Crippen molar-refractivity contribution in [3.63, 3.8) is 0 Å². The molecule has 1 fully saturated rings. The van der Waals surface area contributed by atoms with E-state index in [1.54, 1.807) is 19.2 Å². The molecule has 94 valence electrons. The standard InChI is InChI=1S/C12H19N3O2/c1-8(16)9-5-6-15(7-9)12-10(13)3-4-11(14-12)17-2/h3-4,8-9,16H,5-7,13H2,1-2H3. The molecule has 17 heavy (non-hydrogen) atoms. The lowest BCUT2D eigenvalue weighted by atomic mass is 10.0. The lowest BCUT2D eigenvalue weighted by Gasteiger charge is -2.20. The number of hydrogen-bond acceptors (Lipinski definition) is 5. The summed E-state index contributed by atoms with van der Waals surface area (Å²) in [5, 5.41) is 9.58. The van der Waals surface area contributed by atoms with Crippen LogP contribution in [-0.2, 0) is 0 Å². The van der Waals surface area contributed by atoms with Crippen LogP contribution in [0.2, 0.25) is 0 Å². The van der Waals surface area contributed by atoms with E-state index in [1.807, 2.05) is 6.92 Å². The Balaban J connectivity index is 2.18. The summed E-state index contributed by atoms with van der Waals surface area (Å²) in [6.07, 6.45) is 0.683. The Morgan fingerprint density at radius 1 is 1.59 bits per heavy atom. The monoisotopic (exact) mass is 237 g/mol. The molecule has 5 heteroatoms. The molecule has 1 aromatic heterocycles. The largest absolute Gasteiger partial charge is 0.481 e. The van der Waals surface area contributed by atoms with Crippen molar-refractivity contribution < 1.29 is 9.84 Å². The molecule has 0 saturated carbocycles. The maximum Gasteiger partial charge on any atom is 0.215 e. The van der Waals surface area contributed by atoms with E-state index in [2.05, 4.69) is 9.88 Å². The summed E-state index contributed by atoms with van der Waals surface area (Å²) >= 11 is 0. The molecule has 2 unspecified atom stereocenters. The van der Waals surface area contributed by atoms with Gasteiger partial charge in [-0.1, -0.05) is 0 Å². The summed E-state index contributed by atoms with van der Waals surface area (Å²) in [6.45, 7) is 3.50. The predicted octanol–water partition coefficient (Wildman–Crippen LogP) is 0.879. The van der Waals surface area contributed by atoms with Gasteiger partial charge in [0.05, 0.1) is 18.9 Å². The molecular weight excluding hydrogens is 218 g/mol. The molecule has 0 bridgehead atoms. The van der Waals surface area contributed by atoms with Crippen LogP contribution >= 0.6 is 0 Å². The molecule has 1 aromatic rings. The number of methoxy groups -OCH3 is 1. The highest BCUT2D eigenvalue weighted by molar-refractivity contribution is 5.64. The lowest BCUT2D eigenvalue weighted by Crippen LogP contribution is -2.25. The molecule has 0 radical (unpaired) electrons. The number of ether oxygens (including phenoxy) is 1. The zero-order chi connectivity index (χ0) is 12.4. The van der Waals surface area contributed by atoms with Crippen LogP contribution in [0.3, 0.4) is 0 Å². The Bertz CT molecular complexity index is 395. The molecule has 3 N–H and O–H groups in total. The smallest absolute Gasteiger partial charge is 0.215 e. The Morgan fingerprint density at radius 3 is 2.94 bits per heavy atom. The fourth-order valence-electron chi connectivity index (χ4n) is 2.18. The molecule has 2 atom stereocenters. The van der Waals surface area contributed by atoms with Crippen LogP contribution < -0.4 is 15.4 Å². The molecule has 0 aliphatic carbocycles. The Kier molecular flexibility index (Phi) is 3.38. The van der Waals surface area contributed by atoms with Gasteiger partial charge < -0.3 is 20.5 Å². The fraction of sp³-hybridized carbons (Fsp3) is 0.583. The summed E-state index contributed by atoms with van der Waals surface area (Å²) in [6, 6.07) is 3.55. The number of nitrogen functional groups attached to an aromatic ring is 1. The van der Waals surface area contributed by atoms with Gasteiger partial charge in [-0.05, 0) is 19.4 Å². The first kappa shape index (κ1) is 12.0. The molecule has 2 rings (SSSR count). The molecule has 0 aromatic carbocycles. The summed E-state index contributed by atoms with van der Waals surface area (Å²) in [7, 11) is 1.59. The molecule has 5 nitrogen and oxygen atoms in total. The average molecular weight is 237 g/mol. The van der Waals surface area contributed by atoms with Gasteiger partial charge in [0, 0.05) is 25.1 Å². The maximum absolute atomic E-state index is 9.58. The number of nitrogens with zero attached hydrogens (tertiary/aromatic N) is 2. The first-order chi connectivity index (χ1) is 8.11. The van der Waals surface area contributed by atoms with E-state index < -0.39 is 0 Å². The molecule has 1 aliphatic rings. The number of aliphatic hydroxyl groups excluding tert-OH is 1. The minimum Gasteiger partial charge on any atom is -0.481 e.